The van der Waals surface area contributed by atoms with E-state index in [2.05, 4.69) is 15.3 Å². The van der Waals surface area contributed by atoms with E-state index in [0.717, 1.165) is 0 Å². The summed E-state index contributed by atoms with van der Waals surface area (Å²) in [5, 5.41) is 3.41. The Morgan fingerprint density at radius 1 is 1.18 bits per heavy atom. The molecule has 0 fully saturated rings. The number of hydrogen-bond acceptors (Lipinski definition) is 7. The second kappa shape index (κ2) is 12.1. The minimum absolute atomic E-state index is 0.298. The van der Waals surface area contributed by atoms with Crippen LogP contribution in [0.5, 0.6) is 5.75 Å². The van der Waals surface area contributed by atoms with Crippen LogP contribution >= 0.6 is 7.82 Å². The lowest BCUT2D eigenvalue weighted by molar-refractivity contribution is -0.111. The number of halogens is 1. The minimum Gasteiger partial charge on any atom is -0.497 e. The van der Waals surface area contributed by atoms with Crippen molar-refractivity contribution < 1.29 is 32.8 Å². The molecule has 1 unspecified atom stereocenters. The number of pyridine rings is 2. The molecule has 4 rings (SSSR count). The van der Waals surface area contributed by atoms with Crippen LogP contribution in [-0.4, -0.2) is 62.9 Å². The number of phosphoric ester groups is 1. The summed E-state index contributed by atoms with van der Waals surface area (Å²) in [5.74, 6) is -0.481. The van der Waals surface area contributed by atoms with Crippen LogP contribution < -0.4 is 10.1 Å². The summed E-state index contributed by atoms with van der Waals surface area (Å²) in [6, 6.07) is 9.92. The van der Waals surface area contributed by atoms with E-state index in [1.165, 1.54) is 36.9 Å². The fourth-order valence-corrected chi connectivity index (χ4v) is 4.63. The van der Waals surface area contributed by atoms with Gasteiger partial charge in [0, 0.05) is 65.5 Å². The van der Waals surface area contributed by atoms with Crippen molar-refractivity contribution >= 4 is 30.5 Å². The van der Waals surface area contributed by atoms with E-state index in [1.54, 1.807) is 42.7 Å². The third-order valence-corrected chi connectivity index (χ3v) is 6.45. The van der Waals surface area contributed by atoms with E-state index in [1.807, 2.05) is 25.1 Å². The van der Waals surface area contributed by atoms with Gasteiger partial charge in [-0.05, 0) is 56.4 Å². The van der Waals surface area contributed by atoms with Crippen LogP contribution in [0, 0.1) is 5.95 Å². The Balaban J connectivity index is 1.79. The van der Waals surface area contributed by atoms with Gasteiger partial charge in [-0.25, -0.2) is 14.5 Å². The fraction of sp³-hybridized carbons (Fsp3) is 0.222. The zero-order valence-corrected chi connectivity index (χ0v) is 23.2. The number of likely N-dealkylation sites (N-methyl/N-ethyl adjacent to an activating group) is 1. The van der Waals surface area contributed by atoms with Crippen molar-refractivity contribution in [3.05, 3.63) is 73.1 Å². The highest BCUT2D eigenvalue weighted by molar-refractivity contribution is 7.46. The van der Waals surface area contributed by atoms with Gasteiger partial charge >= 0.3 is 7.82 Å². The van der Waals surface area contributed by atoms with Crippen molar-refractivity contribution in [1.82, 2.24) is 19.4 Å². The molecule has 40 heavy (non-hydrogen) atoms. The summed E-state index contributed by atoms with van der Waals surface area (Å²) >= 11 is 0. The van der Waals surface area contributed by atoms with Crippen LogP contribution in [0.3, 0.4) is 0 Å². The molecule has 11 nitrogen and oxygen atoms in total. The number of benzene rings is 1. The molecule has 1 atom stereocenters. The van der Waals surface area contributed by atoms with Gasteiger partial charge in [0.15, 0.2) is 0 Å². The Bertz CT molecular complexity index is 1620. The number of carbonyl (C=O) groups is 1. The summed E-state index contributed by atoms with van der Waals surface area (Å²) < 4.78 is 37.3. The number of hydrogen-bond donors (Lipinski definition) is 3. The van der Waals surface area contributed by atoms with Crippen molar-refractivity contribution in [1.29, 1.82) is 0 Å². The van der Waals surface area contributed by atoms with Crippen molar-refractivity contribution in [2.45, 2.75) is 13.2 Å². The SMILES string of the molecule is COc1cc(NC(=O)C=CCN(C)C)cc(-c2cnc3c(c2)c(-c2ccnc(F)c2)cn3C(C)OP(=O)(O)O)c1. The molecule has 0 bridgehead atoms. The highest BCUT2D eigenvalue weighted by Gasteiger charge is 2.23. The van der Waals surface area contributed by atoms with Gasteiger partial charge in [-0.1, -0.05) is 6.08 Å². The molecule has 3 N–H and O–H groups in total. The van der Waals surface area contributed by atoms with Crippen molar-refractivity contribution in [3.8, 4) is 28.0 Å². The molecule has 0 spiro atoms. The average Bonchev–Trinajstić information content (AvgIpc) is 3.26. The zero-order valence-electron chi connectivity index (χ0n) is 22.3. The number of carbonyl (C=O) groups excluding carboxylic acids is 1. The van der Waals surface area contributed by atoms with Gasteiger partial charge in [0.2, 0.25) is 11.9 Å². The van der Waals surface area contributed by atoms with Crippen LogP contribution in [0.15, 0.2) is 67.1 Å². The summed E-state index contributed by atoms with van der Waals surface area (Å²) in [7, 11) is 0.510. The number of aromatic nitrogens is 3. The van der Waals surface area contributed by atoms with E-state index in [-0.39, 0.29) is 5.91 Å². The molecule has 1 aromatic carbocycles. The predicted molar refractivity (Wildman–Crippen MR) is 149 cm³/mol. The topological polar surface area (TPSA) is 139 Å². The first kappa shape index (κ1) is 29.1. The number of amides is 1. The molecule has 0 aliphatic carbocycles. The summed E-state index contributed by atoms with van der Waals surface area (Å²) in [6.45, 7) is 2.08. The summed E-state index contributed by atoms with van der Waals surface area (Å²) in [6.07, 6.45) is 6.62. The summed E-state index contributed by atoms with van der Waals surface area (Å²) in [4.78, 5) is 41.2. The van der Waals surface area contributed by atoms with Crippen LogP contribution in [0.1, 0.15) is 13.2 Å². The van der Waals surface area contributed by atoms with Crippen LogP contribution in [0.2, 0.25) is 0 Å². The first-order chi connectivity index (χ1) is 18.9. The third kappa shape index (κ3) is 7.17. The Morgan fingerprint density at radius 2 is 1.95 bits per heavy atom. The molecule has 4 aromatic rings. The third-order valence-electron chi connectivity index (χ3n) is 5.87. The number of ether oxygens (including phenoxy) is 1. The standard InChI is InChI=1S/C27H29FN5O6P/c1-17(39-40(35,36)37)33-16-24(18-7-8-29-25(28)13-18)23-12-20(15-30-27(23)33)19-10-21(14-22(11-19)38-4)31-26(34)6-5-9-32(2)3/h5-8,10-17H,9H2,1-4H3,(H,31,34)(H2,35,36,37). The second-order valence-electron chi connectivity index (χ2n) is 9.21. The number of nitrogens with zero attached hydrogens (tertiary/aromatic N) is 4. The molecule has 13 heteroatoms. The Kier molecular flexibility index (Phi) is 8.77. The Morgan fingerprint density at radius 3 is 2.62 bits per heavy atom. The lowest BCUT2D eigenvalue weighted by atomic mass is 10.0. The average molecular weight is 570 g/mol. The predicted octanol–water partition coefficient (Wildman–Crippen LogP) is 4.60. The van der Waals surface area contributed by atoms with Crippen LogP contribution in [-0.2, 0) is 13.9 Å². The smallest absolute Gasteiger partial charge is 0.471 e. The second-order valence-corrected chi connectivity index (χ2v) is 10.4. The summed E-state index contributed by atoms with van der Waals surface area (Å²) in [5.41, 5.74) is 3.24. The van der Waals surface area contributed by atoms with E-state index in [0.29, 0.717) is 51.3 Å². The maximum atomic E-state index is 14.0. The van der Waals surface area contributed by atoms with Crippen molar-refractivity contribution in [3.63, 3.8) is 0 Å². The van der Waals surface area contributed by atoms with Crippen LogP contribution in [0.4, 0.5) is 10.1 Å². The highest BCUT2D eigenvalue weighted by Crippen LogP contribution is 2.43. The van der Waals surface area contributed by atoms with Gasteiger partial charge < -0.3 is 29.3 Å². The molecule has 0 aliphatic rings. The molecule has 0 aliphatic heterocycles. The van der Waals surface area contributed by atoms with Gasteiger partial charge in [-0.15, -0.1) is 0 Å². The molecular weight excluding hydrogens is 540 g/mol. The zero-order chi connectivity index (χ0) is 29.0. The fourth-order valence-electron chi connectivity index (χ4n) is 4.13. The van der Waals surface area contributed by atoms with Gasteiger partial charge in [0.05, 0.1) is 7.11 Å². The maximum Gasteiger partial charge on any atom is 0.471 e. The molecule has 0 saturated carbocycles. The first-order valence-electron chi connectivity index (χ1n) is 12.1. The number of phosphoric acid groups is 1. The number of nitrogens with one attached hydrogen (secondary N) is 1. The minimum atomic E-state index is -4.81. The van der Waals surface area contributed by atoms with E-state index < -0.39 is 20.0 Å². The highest BCUT2D eigenvalue weighted by atomic mass is 31.2. The Labute approximate surface area is 230 Å². The van der Waals surface area contributed by atoms with Gasteiger partial charge in [0.25, 0.3) is 0 Å². The van der Waals surface area contributed by atoms with E-state index in [9.17, 15) is 23.5 Å². The number of anilines is 1. The van der Waals surface area contributed by atoms with Crippen molar-refractivity contribution in [2.75, 3.05) is 33.1 Å². The lowest BCUT2D eigenvalue weighted by Gasteiger charge is -2.16. The first-order valence-corrected chi connectivity index (χ1v) is 13.6. The molecule has 0 saturated heterocycles. The normalized spacial score (nSPS) is 12.8. The maximum absolute atomic E-state index is 14.0. The van der Waals surface area contributed by atoms with E-state index in [4.69, 9.17) is 9.26 Å². The van der Waals surface area contributed by atoms with Gasteiger partial charge in [-0.3, -0.25) is 9.32 Å². The van der Waals surface area contributed by atoms with E-state index >= 15 is 0 Å². The molecule has 210 valence electrons. The number of rotatable bonds is 10. The Hall–Kier alpha value is -3.93. The lowest BCUT2D eigenvalue weighted by Crippen LogP contribution is -2.13. The number of methoxy groups -OCH3 is 1. The molecule has 3 aromatic heterocycles. The monoisotopic (exact) mass is 569 g/mol. The molecule has 1 amide bonds. The quantitative estimate of drug-likeness (QED) is 0.142. The van der Waals surface area contributed by atoms with Crippen LogP contribution in [0.25, 0.3) is 33.3 Å². The van der Waals surface area contributed by atoms with Crippen molar-refractivity contribution in [2.24, 2.45) is 0 Å². The molecule has 0 radical (unpaired) electrons. The largest absolute Gasteiger partial charge is 0.497 e. The number of fused-ring (bicyclic) bond motifs is 1. The molecule has 3 heterocycles. The van der Waals surface area contributed by atoms with Gasteiger partial charge in [-0.2, -0.15) is 4.39 Å². The molecular formula is C27H29FN5O6P. The van der Waals surface area contributed by atoms with Gasteiger partial charge in [0.1, 0.15) is 17.6 Å².